The maximum atomic E-state index is 11.5. The molecule has 0 fully saturated rings. The third-order valence-corrected chi connectivity index (χ3v) is 4.22. The maximum Gasteiger partial charge on any atom is 0.182 e. The average Bonchev–Trinajstić information content (AvgIpc) is 2.53. The molecule has 0 amide bonds. The van der Waals surface area contributed by atoms with Gasteiger partial charge in [-0.1, -0.05) is 0 Å². The summed E-state index contributed by atoms with van der Waals surface area (Å²) in [5.41, 5.74) is 5.55. The van der Waals surface area contributed by atoms with Gasteiger partial charge in [-0.15, -0.1) is 0 Å². The van der Waals surface area contributed by atoms with E-state index in [-0.39, 0.29) is 10.7 Å². The van der Waals surface area contributed by atoms with Crippen molar-refractivity contribution in [2.45, 2.75) is 11.3 Å². The molecule has 1 heterocycles. The van der Waals surface area contributed by atoms with Gasteiger partial charge in [0.1, 0.15) is 9.90 Å². The number of nitrogens with one attached hydrogen (secondary N) is 1. The standard InChI is InChI=1S/C9H18N4O2S2/c1-13(2)6-4-5-11-9-7(17(3,14)15)8(10)12-16-9/h11H,4-6H2,1-3H3,(H2,10,12). The molecule has 1 aromatic rings. The molecule has 3 N–H and O–H groups in total. The van der Waals surface area contributed by atoms with E-state index in [9.17, 15) is 8.42 Å². The fourth-order valence-corrected chi connectivity index (χ4v) is 3.46. The maximum absolute atomic E-state index is 11.5. The molecule has 6 nitrogen and oxygen atoms in total. The van der Waals surface area contributed by atoms with Crippen LogP contribution >= 0.6 is 11.5 Å². The molecule has 0 aromatic carbocycles. The molecule has 98 valence electrons. The van der Waals surface area contributed by atoms with E-state index >= 15 is 0 Å². The highest BCUT2D eigenvalue weighted by Gasteiger charge is 2.20. The van der Waals surface area contributed by atoms with Gasteiger partial charge in [-0.2, -0.15) is 4.37 Å². The van der Waals surface area contributed by atoms with Crippen LogP contribution in [-0.2, 0) is 9.84 Å². The molecular formula is C9H18N4O2S2. The Morgan fingerprint density at radius 3 is 2.65 bits per heavy atom. The van der Waals surface area contributed by atoms with Crippen molar-refractivity contribution < 1.29 is 8.42 Å². The van der Waals surface area contributed by atoms with E-state index in [0.717, 1.165) is 30.8 Å². The second kappa shape index (κ2) is 5.65. The highest BCUT2D eigenvalue weighted by atomic mass is 32.2. The third kappa shape index (κ3) is 4.14. The van der Waals surface area contributed by atoms with Gasteiger partial charge in [0.15, 0.2) is 15.7 Å². The van der Waals surface area contributed by atoms with Crippen LogP contribution in [0, 0.1) is 0 Å². The lowest BCUT2D eigenvalue weighted by Gasteiger charge is -2.10. The first kappa shape index (κ1) is 14.2. The number of nitrogens with two attached hydrogens (primary N) is 1. The first-order valence-electron chi connectivity index (χ1n) is 5.16. The predicted octanol–water partition coefficient (Wildman–Crippen LogP) is 0.492. The summed E-state index contributed by atoms with van der Waals surface area (Å²) in [4.78, 5) is 2.19. The SMILES string of the molecule is CN(C)CCCNc1snc(N)c1S(C)(=O)=O. The van der Waals surface area contributed by atoms with E-state index < -0.39 is 9.84 Å². The van der Waals surface area contributed by atoms with Crippen LogP contribution in [0.25, 0.3) is 0 Å². The molecule has 0 aliphatic heterocycles. The first-order chi connectivity index (χ1) is 7.82. The lowest BCUT2D eigenvalue weighted by molar-refractivity contribution is 0.405. The van der Waals surface area contributed by atoms with Crippen molar-refractivity contribution in [3.63, 3.8) is 0 Å². The van der Waals surface area contributed by atoms with Crippen LogP contribution in [-0.4, -0.2) is 51.1 Å². The van der Waals surface area contributed by atoms with Crippen LogP contribution in [0.4, 0.5) is 10.8 Å². The molecule has 8 heteroatoms. The molecule has 0 aliphatic carbocycles. The quantitative estimate of drug-likeness (QED) is 0.736. The Morgan fingerprint density at radius 1 is 1.47 bits per heavy atom. The van der Waals surface area contributed by atoms with Crippen LogP contribution in [0.1, 0.15) is 6.42 Å². The van der Waals surface area contributed by atoms with Crippen molar-refractivity contribution in [1.82, 2.24) is 9.27 Å². The molecular weight excluding hydrogens is 260 g/mol. The second-order valence-electron chi connectivity index (χ2n) is 4.08. The van der Waals surface area contributed by atoms with E-state index in [1.165, 1.54) is 0 Å². The van der Waals surface area contributed by atoms with Gasteiger partial charge in [0.05, 0.1) is 0 Å². The van der Waals surface area contributed by atoms with Crippen molar-refractivity contribution in [2.24, 2.45) is 0 Å². The van der Waals surface area contributed by atoms with Gasteiger partial charge in [0.2, 0.25) is 0 Å². The summed E-state index contributed by atoms with van der Waals surface area (Å²) < 4.78 is 26.9. The molecule has 17 heavy (non-hydrogen) atoms. The summed E-state index contributed by atoms with van der Waals surface area (Å²) in [6, 6.07) is 0. The lowest BCUT2D eigenvalue weighted by atomic mass is 10.4. The normalized spacial score (nSPS) is 12.0. The van der Waals surface area contributed by atoms with E-state index in [0.29, 0.717) is 11.5 Å². The summed E-state index contributed by atoms with van der Waals surface area (Å²) in [5, 5.41) is 3.60. The van der Waals surface area contributed by atoms with E-state index in [2.05, 4.69) is 14.6 Å². The number of anilines is 2. The average molecular weight is 278 g/mol. The Kier molecular flexibility index (Phi) is 4.72. The lowest BCUT2D eigenvalue weighted by Crippen LogP contribution is -2.16. The molecule has 0 atom stereocenters. The zero-order valence-electron chi connectivity index (χ0n) is 10.2. The van der Waals surface area contributed by atoms with Gasteiger partial charge in [0, 0.05) is 12.8 Å². The molecule has 0 spiro atoms. The Hall–Kier alpha value is -0.860. The van der Waals surface area contributed by atoms with Gasteiger partial charge in [-0.25, -0.2) is 8.42 Å². The van der Waals surface area contributed by atoms with Gasteiger partial charge >= 0.3 is 0 Å². The number of sulfone groups is 1. The van der Waals surface area contributed by atoms with E-state index in [1.54, 1.807) is 0 Å². The van der Waals surface area contributed by atoms with E-state index in [1.807, 2.05) is 14.1 Å². The minimum Gasteiger partial charge on any atom is -0.382 e. The van der Waals surface area contributed by atoms with Crippen LogP contribution in [0.5, 0.6) is 0 Å². The summed E-state index contributed by atoms with van der Waals surface area (Å²) >= 11 is 1.08. The number of hydrogen-bond donors (Lipinski definition) is 2. The molecule has 0 bridgehead atoms. The molecule has 0 radical (unpaired) electrons. The highest BCUT2D eigenvalue weighted by Crippen LogP contribution is 2.31. The molecule has 1 aromatic heterocycles. The molecule has 0 unspecified atom stereocenters. The van der Waals surface area contributed by atoms with E-state index in [4.69, 9.17) is 5.73 Å². The monoisotopic (exact) mass is 278 g/mol. The number of rotatable bonds is 6. The minimum atomic E-state index is -3.32. The van der Waals surface area contributed by atoms with Crippen molar-refractivity contribution in [2.75, 3.05) is 44.5 Å². The molecule has 0 aliphatic rings. The highest BCUT2D eigenvalue weighted by molar-refractivity contribution is 7.91. The summed E-state index contributed by atoms with van der Waals surface area (Å²) in [6.45, 7) is 1.64. The zero-order valence-corrected chi connectivity index (χ0v) is 11.9. The van der Waals surface area contributed by atoms with Crippen molar-refractivity contribution in [3.05, 3.63) is 0 Å². The fraction of sp³-hybridized carbons (Fsp3) is 0.667. The number of nitrogens with zero attached hydrogens (tertiary/aromatic N) is 2. The Morgan fingerprint density at radius 2 is 2.12 bits per heavy atom. The van der Waals surface area contributed by atoms with Crippen molar-refractivity contribution >= 4 is 32.2 Å². The van der Waals surface area contributed by atoms with Crippen LogP contribution < -0.4 is 11.1 Å². The summed E-state index contributed by atoms with van der Waals surface area (Å²) in [5.74, 6) is 0.0765. The topological polar surface area (TPSA) is 88.3 Å². The van der Waals surface area contributed by atoms with Gasteiger partial charge < -0.3 is 16.0 Å². The van der Waals surface area contributed by atoms with Crippen LogP contribution in [0.2, 0.25) is 0 Å². The minimum absolute atomic E-state index is 0.0765. The first-order valence-corrected chi connectivity index (χ1v) is 7.82. The molecule has 0 saturated heterocycles. The third-order valence-electron chi connectivity index (χ3n) is 2.11. The Bertz CT molecular complexity index is 467. The zero-order chi connectivity index (χ0) is 13.1. The largest absolute Gasteiger partial charge is 0.382 e. The van der Waals surface area contributed by atoms with Gasteiger partial charge in [-0.3, -0.25) is 0 Å². The van der Waals surface area contributed by atoms with Gasteiger partial charge in [-0.05, 0) is 38.6 Å². The predicted molar refractivity (Wildman–Crippen MR) is 71.3 cm³/mol. The fourth-order valence-electron chi connectivity index (χ4n) is 1.36. The van der Waals surface area contributed by atoms with Crippen LogP contribution in [0.3, 0.4) is 0 Å². The van der Waals surface area contributed by atoms with Crippen molar-refractivity contribution in [1.29, 1.82) is 0 Å². The number of aromatic nitrogens is 1. The van der Waals surface area contributed by atoms with Gasteiger partial charge in [0.25, 0.3) is 0 Å². The van der Waals surface area contributed by atoms with Crippen LogP contribution in [0.15, 0.2) is 4.90 Å². The van der Waals surface area contributed by atoms with Crippen molar-refractivity contribution in [3.8, 4) is 0 Å². The smallest absolute Gasteiger partial charge is 0.182 e. The number of hydrogen-bond acceptors (Lipinski definition) is 7. The second-order valence-corrected chi connectivity index (χ2v) is 6.81. The summed E-state index contributed by atoms with van der Waals surface area (Å²) in [6.07, 6.45) is 2.06. The summed E-state index contributed by atoms with van der Waals surface area (Å²) in [7, 11) is 0.661. The number of nitrogen functional groups attached to an aromatic ring is 1. The Labute approximate surface area is 106 Å². The molecule has 1 rings (SSSR count). The molecule has 0 saturated carbocycles. The Balaban J connectivity index is 2.67.